The standard InChI is InChI=1S/C13H17ClF3NO2/c1-3-19-12(20-4-2)8-18-11-7-9(13(15,16)17)5-6-10(11)14/h5-7,12,18H,3-4,8H2,1-2H3. The molecule has 0 aliphatic carbocycles. The number of hydrogen-bond donors (Lipinski definition) is 1. The van der Waals surface area contributed by atoms with Crippen LogP contribution in [0.15, 0.2) is 18.2 Å². The number of alkyl halides is 3. The minimum Gasteiger partial charge on any atom is -0.379 e. The largest absolute Gasteiger partial charge is 0.416 e. The molecule has 114 valence electrons. The van der Waals surface area contributed by atoms with E-state index in [-0.39, 0.29) is 17.3 Å². The van der Waals surface area contributed by atoms with Crippen molar-refractivity contribution in [2.45, 2.75) is 26.3 Å². The summed E-state index contributed by atoms with van der Waals surface area (Å²) in [5, 5.41) is 3.03. The van der Waals surface area contributed by atoms with Crippen LogP contribution >= 0.6 is 11.6 Å². The third-order valence-corrected chi connectivity index (χ3v) is 2.79. The van der Waals surface area contributed by atoms with E-state index < -0.39 is 18.0 Å². The Morgan fingerprint density at radius 3 is 2.30 bits per heavy atom. The van der Waals surface area contributed by atoms with Crippen LogP contribution in [-0.2, 0) is 15.7 Å². The Bertz CT molecular complexity index is 421. The van der Waals surface area contributed by atoms with Gasteiger partial charge in [0, 0.05) is 13.2 Å². The zero-order valence-corrected chi connectivity index (χ0v) is 12.0. The lowest BCUT2D eigenvalue weighted by atomic mass is 10.2. The summed E-state index contributed by atoms with van der Waals surface area (Å²) in [6.07, 6.45) is -4.93. The molecule has 0 unspecified atom stereocenters. The molecule has 0 spiro atoms. The molecule has 0 fully saturated rings. The maximum Gasteiger partial charge on any atom is 0.416 e. The zero-order valence-electron chi connectivity index (χ0n) is 11.3. The average Bonchev–Trinajstić information content (AvgIpc) is 2.36. The summed E-state index contributed by atoms with van der Waals surface area (Å²) in [4.78, 5) is 0. The zero-order chi connectivity index (χ0) is 15.2. The van der Waals surface area contributed by atoms with Gasteiger partial charge in [0.05, 0.1) is 22.8 Å². The van der Waals surface area contributed by atoms with Crippen LogP contribution in [0.5, 0.6) is 0 Å². The molecule has 0 saturated heterocycles. The van der Waals surface area contributed by atoms with E-state index in [1.807, 2.05) is 13.8 Å². The second kappa shape index (κ2) is 7.71. The van der Waals surface area contributed by atoms with Crippen molar-refractivity contribution in [2.75, 3.05) is 25.1 Å². The molecule has 3 nitrogen and oxygen atoms in total. The molecular weight excluding hydrogens is 295 g/mol. The predicted octanol–water partition coefficient (Wildman–Crippen LogP) is 4.17. The Kier molecular flexibility index (Phi) is 6.58. The van der Waals surface area contributed by atoms with Gasteiger partial charge in [0.1, 0.15) is 0 Å². The fourth-order valence-electron chi connectivity index (χ4n) is 1.57. The minimum atomic E-state index is -4.40. The molecule has 1 aromatic rings. The van der Waals surface area contributed by atoms with Gasteiger partial charge in [-0.2, -0.15) is 13.2 Å². The maximum absolute atomic E-state index is 12.6. The highest BCUT2D eigenvalue weighted by Gasteiger charge is 2.31. The Morgan fingerprint density at radius 1 is 1.20 bits per heavy atom. The number of halogens is 4. The molecule has 0 atom stereocenters. The molecule has 0 bridgehead atoms. The molecule has 1 aromatic carbocycles. The molecule has 0 saturated carbocycles. The van der Waals surface area contributed by atoms with Crippen molar-refractivity contribution in [3.8, 4) is 0 Å². The number of rotatable bonds is 7. The van der Waals surface area contributed by atoms with Gasteiger partial charge in [0.25, 0.3) is 0 Å². The topological polar surface area (TPSA) is 30.5 Å². The van der Waals surface area contributed by atoms with Crippen LogP contribution in [0.2, 0.25) is 5.02 Å². The van der Waals surface area contributed by atoms with E-state index in [1.165, 1.54) is 6.07 Å². The van der Waals surface area contributed by atoms with Crippen molar-refractivity contribution in [2.24, 2.45) is 0 Å². The van der Waals surface area contributed by atoms with E-state index >= 15 is 0 Å². The summed E-state index contributed by atoms with van der Waals surface area (Å²) < 4.78 is 48.4. The molecule has 7 heteroatoms. The van der Waals surface area contributed by atoms with E-state index in [0.717, 1.165) is 12.1 Å². The van der Waals surface area contributed by atoms with Crippen molar-refractivity contribution in [3.05, 3.63) is 28.8 Å². The lowest BCUT2D eigenvalue weighted by Gasteiger charge is -2.19. The maximum atomic E-state index is 12.6. The lowest BCUT2D eigenvalue weighted by Crippen LogP contribution is -2.26. The van der Waals surface area contributed by atoms with Crippen LogP contribution < -0.4 is 5.32 Å². The van der Waals surface area contributed by atoms with Gasteiger partial charge in [0.15, 0.2) is 6.29 Å². The number of ether oxygens (including phenoxy) is 2. The van der Waals surface area contributed by atoms with Crippen molar-refractivity contribution >= 4 is 17.3 Å². The van der Waals surface area contributed by atoms with Crippen molar-refractivity contribution in [1.82, 2.24) is 0 Å². The van der Waals surface area contributed by atoms with Crippen LogP contribution in [0.3, 0.4) is 0 Å². The van der Waals surface area contributed by atoms with Gasteiger partial charge in [-0.15, -0.1) is 0 Å². The SMILES string of the molecule is CCOC(CNc1cc(C(F)(F)F)ccc1Cl)OCC. The van der Waals surface area contributed by atoms with Crippen LogP contribution in [0.25, 0.3) is 0 Å². The van der Waals surface area contributed by atoms with Crippen molar-refractivity contribution < 1.29 is 22.6 Å². The third kappa shape index (κ3) is 5.19. The molecule has 0 amide bonds. The minimum absolute atomic E-state index is 0.200. The van der Waals surface area contributed by atoms with Crippen LogP contribution in [-0.4, -0.2) is 26.0 Å². The normalized spacial score (nSPS) is 11.9. The van der Waals surface area contributed by atoms with E-state index in [9.17, 15) is 13.2 Å². The summed E-state index contributed by atoms with van der Waals surface area (Å²) in [6.45, 7) is 4.72. The highest BCUT2D eigenvalue weighted by molar-refractivity contribution is 6.33. The molecule has 0 aliphatic rings. The molecule has 0 aliphatic heterocycles. The summed E-state index contributed by atoms with van der Waals surface area (Å²) in [6, 6.07) is 3.12. The van der Waals surface area contributed by atoms with Gasteiger partial charge in [-0.1, -0.05) is 11.6 Å². The summed E-state index contributed by atoms with van der Waals surface area (Å²) >= 11 is 5.87. The second-order valence-electron chi connectivity index (χ2n) is 3.91. The first-order chi connectivity index (χ1) is 9.38. The highest BCUT2D eigenvalue weighted by Crippen LogP contribution is 2.33. The fourth-order valence-corrected chi connectivity index (χ4v) is 1.75. The molecule has 0 aromatic heterocycles. The molecule has 1 rings (SSSR count). The van der Waals surface area contributed by atoms with Crippen LogP contribution in [0, 0.1) is 0 Å². The number of nitrogens with one attached hydrogen (secondary N) is 1. The van der Waals surface area contributed by atoms with E-state index in [2.05, 4.69) is 5.32 Å². The molecule has 1 N–H and O–H groups in total. The number of benzene rings is 1. The van der Waals surface area contributed by atoms with E-state index in [0.29, 0.717) is 13.2 Å². The van der Waals surface area contributed by atoms with Crippen LogP contribution in [0.4, 0.5) is 18.9 Å². The second-order valence-corrected chi connectivity index (χ2v) is 4.32. The molecular formula is C13H17ClF3NO2. The van der Waals surface area contributed by atoms with Gasteiger partial charge in [-0.3, -0.25) is 0 Å². The fraction of sp³-hybridized carbons (Fsp3) is 0.538. The first-order valence-corrected chi connectivity index (χ1v) is 6.60. The van der Waals surface area contributed by atoms with Gasteiger partial charge in [-0.25, -0.2) is 0 Å². The van der Waals surface area contributed by atoms with Crippen molar-refractivity contribution in [3.63, 3.8) is 0 Å². The lowest BCUT2D eigenvalue weighted by molar-refractivity contribution is -0.137. The summed E-state index contributed by atoms with van der Waals surface area (Å²) in [5.41, 5.74) is -0.556. The van der Waals surface area contributed by atoms with Gasteiger partial charge < -0.3 is 14.8 Å². The Labute approximate surface area is 121 Å². The third-order valence-electron chi connectivity index (χ3n) is 2.46. The highest BCUT2D eigenvalue weighted by atomic mass is 35.5. The monoisotopic (exact) mass is 311 g/mol. The van der Waals surface area contributed by atoms with Gasteiger partial charge in [-0.05, 0) is 32.0 Å². The van der Waals surface area contributed by atoms with Crippen LogP contribution in [0.1, 0.15) is 19.4 Å². The van der Waals surface area contributed by atoms with Gasteiger partial charge >= 0.3 is 6.18 Å². The smallest absolute Gasteiger partial charge is 0.379 e. The Balaban J connectivity index is 2.75. The summed E-state index contributed by atoms with van der Waals surface area (Å²) in [7, 11) is 0. The number of anilines is 1. The Hall–Kier alpha value is -0.980. The number of hydrogen-bond acceptors (Lipinski definition) is 3. The first kappa shape index (κ1) is 17.1. The molecule has 0 radical (unpaired) electrons. The van der Waals surface area contributed by atoms with E-state index in [1.54, 1.807) is 0 Å². The first-order valence-electron chi connectivity index (χ1n) is 6.22. The van der Waals surface area contributed by atoms with Crippen molar-refractivity contribution in [1.29, 1.82) is 0 Å². The Morgan fingerprint density at radius 2 is 1.80 bits per heavy atom. The molecule has 0 heterocycles. The predicted molar refractivity (Wildman–Crippen MR) is 72.0 cm³/mol. The van der Waals surface area contributed by atoms with E-state index in [4.69, 9.17) is 21.1 Å². The molecule has 20 heavy (non-hydrogen) atoms. The summed E-state index contributed by atoms with van der Waals surface area (Å²) in [5.74, 6) is 0. The quantitative estimate of drug-likeness (QED) is 0.767. The van der Waals surface area contributed by atoms with Gasteiger partial charge in [0.2, 0.25) is 0 Å². The average molecular weight is 312 g/mol.